The smallest absolute Gasteiger partial charge is 0.407 e. The monoisotopic (exact) mass is 476 g/mol. The second-order valence-corrected chi connectivity index (χ2v) is 10.1. The second kappa shape index (κ2) is 10.1. The molecule has 2 aromatic rings. The number of carboxylic acids is 1. The molecule has 4 atom stereocenters. The fourth-order valence-corrected chi connectivity index (χ4v) is 6.26. The predicted octanol–water partition coefficient (Wildman–Crippen LogP) is 4.31. The number of fused-ring (bicyclic) bond motifs is 4. The van der Waals surface area contributed by atoms with Gasteiger partial charge in [-0.2, -0.15) is 0 Å². The molecule has 2 fully saturated rings. The quantitative estimate of drug-likeness (QED) is 0.500. The van der Waals surface area contributed by atoms with Gasteiger partial charge in [-0.25, -0.2) is 4.79 Å². The van der Waals surface area contributed by atoms with E-state index in [1.165, 1.54) is 19.3 Å². The Hall–Kier alpha value is -3.35. The average Bonchev–Trinajstić information content (AvgIpc) is 3.38. The SMILES string of the molecule is O=C(O)CCC(NC(=O)OCC1c2ccccc2-c2ccccc21)C(=O)NCC1CC2CCCC21. The Balaban J connectivity index is 1.18. The van der Waals surface area contributed by atoms with Crippen molar-refractivity contribution in [3.8, 4) is 11.1 Å². The van der Waals surface area contributed by atoms with Crippen molar-refractivity contribution in [2.45, 2.75) is 50.5 Å². The first-order chi connectivity index (χ1) is 17.0. The summed E-state index contributed by atoms with van der Waals surface area (Å²) < 4.78 is 5.56. The third-order valence-corrected chi connectivity index (χ3v) is 8.07. The van der Waals surface area contributed by atoms with Crippen LogP contribution in [0.15, 0.2) is 48.5 Å². The minimum atomic E-state index is -1.01. The normalized spacial score (nSPS) is 22.8. The highest BCUT2D eigenvalue weighted by molar-refractivity contribution is 5.86. The first kappa shape index (κ1) is 23.4. The van der Waals surface area contributed by atoms with Crippen LogP contribution in [0.25, 0.3) is 11.1 Å². The van der Waals surface area contributed by atoms with E-state index in [0.29, 0.717) is 18.4 Å². The summed E-state index contributed by atoms with van der Waals surface area (Å²) in [5.41, 5.74) is 4.48. The van der Waals surface area contributed by atoms with E-state index in [1.807, 2.05) is 36.4 Å². The molecule has 7 nitrogen and oxygen atoms in total. The van der Waals surface area contributed by atoms with Crippen molar-refractivity contribution in [3.63, 3.8) is 0 Å². The molecule has 0 saturated heterocycles. The molecule has 7 heteroatoms. The average molecular weight is 477 g/mol. The molecular formula is C28H32N2O5. The lowest BCUT2D eigenvalue weighted by Crippen LogP contribution is -2.50. The zero-order valence-electron chi connectivity index (χ0n) is 19.7. The van der Waals surface area contributed by atoms with E-state index in [-0.39, 0.29) is 31.3 Å². The van der Waals surface area contributed by atoms with Crippen molar-refractivity contribution >= 4 is 18.0 Å². The van der Waals surface area contributed by atoms with E-state index in [1.54, 1.807) is 0 Å². The van der Waals surface area contributed by atoms with Gasteiger partial charge in [-0.3, -0.25) is 9.59 Å². The van der Waals surface area contributed by atoms with Crippen molar-refractivity contribution < 1.29 is 24.2 Å². The standard InChI is InChI=1S/C28H32N2O5/c31-26(32)13-12-25(27(33)29-15-18-14-17-6-5-11-19(17)18)30-28(34)35-16-24-22-9-3-1-7-20(22)21-8-2-4-10-23(21)24/h1-4,7-10,17-19,24-25H,5-6,11-16H2,(H,29,33)(H,30,34)(H,31,32). The third-order valence-electron chi connectivity index (χ3n) is 8.07. The van der Waals surface area contributed by atoms with E-state index >= 15 is 0 Å². The molecule has 2 aromatic carbocycles. The van der Waals surface area contributed by atoms with E-state index < -0.39 is 18.1 Å². The number of aliphatic carboxylic acids is 1. The fraction of sp³-hybridized carbons (Fsp3) is 0.464. The Morgan fingerprint density at radius 2 is 1.69 bits per heavy atom. The molecular weight excluding hydrogens is 444 g/mol. The maximum absolute atomic E-state index is 12.8. The lowest BCUT2D eigenvalue weighted by atomic mass is 9.67. The molecule has 0 aliphatic heterocycles. The first-order valence-corrected chi connectivity index (χ1v) is 12.6. The van der Waals surface area contributed by atoms with Crippen LogP contribution in [-0.4, -0.2) is 42.3 Å². The lowest BCUT2D eigenvalue weighted by Gasteiger charge is -2.40. The predicted molar refractivity (Wildman–Crippen MR) is 131 cm³/mol. The van der Waals surface area contributed by atoms with Gasteiger partial charge < -0.3 is 20.5 Å². The van der Waals surface area contributed by atoms with Gasteiger partial charge in [0.05, 0.1) is 0 Å². The summed E-state index contributed by atoms with van der Waals surface area (Å²) in [5, 5.41) is 14.7. The number of alkyl carbamates (subject to hydrolysis) is 1. The molecule has 184 valence electrons. The Bertz CT molecular complexity index is 1070. The number of carboxylic acid groups (broad SMARTS) is 1. The van der Waals surface area contributed by atoms with Gasteiger partial charge in [-0.15, -0.1) is 0 Å². The van der Waals surface area contributed by atoms with Crippen LogP contribution in [0.5, 0.6) is 0 Å². The van der Waals surface area contributed by atoms with Crippen molar-refractivity contribution in [1.29, 1.82) is 0 Å². The summed E-state index contributed by atoms with van der Waals surface area (Å²) >= 11 is 0. The molecule has 2 saturated carbocycles. The number of rotatable bonds is 9. The number of ether oxygens (including phenoxy) is 1. The zero-order chi connectivity index (χ0) is 24.4. The fourth-order valence-electron chi connectivity index (χ4n) is 6.26. The number of carbonyl (C=O) groups excluding carboxylic acids is 2. The van der Waals surface area contributed by atoms with Gasteiger partial charge in [0.1, 0.15) is 12.6 Å². The molecule has 0 aromatic heterocycles. The summed E-state index contributed by atoms with van der Waals surface area (Å²) in [7, 11) is 0. The van der Waals surface area contributed by atoms with Crippen LogP contribution in [0.4, 0.5) is 4.79 Å². The van der Waals surface area contributed by atoms with Crippen molar-refractivity contribution in [2.75, 3.05) is 13.2 Å². The number of benzene rings is 2. The largest absolute Gasteiger partial charge is 0.481 e. The molecule has 35 heavy (non-hydrogen) atoms. The molecule has 2 amide bonds. The number of hydrogen-bond acceptors (Lipinski definition) is 4. The minimum Gasteiger partial charge on any atom is -0.481 e. The summed E-state index contributed by atoms with van der Waals surface area (Å²) in [6, 6.07) is 15.2. The van der Waals surface area contributed by atoms with Crippen molar-refractivity contribution in [3.05, 3.63) is 59.7 Å². The highest BCUT2D eigenvalue weighted by atomic mass is 16.5. The number of hydrogen-bond donors (Lipinski definition) is 3. The molecule has 3 N–H and O–H groups in total. The molecule has 4 unspecified atom stereocenters. The van der Waals surface area contributed by atoms with Crippen LogP contribution in [0.2, 0.25) is 0 Å². The van der Waals surface area contributed by atoms with Crippen LogP contribution in [-0.2, 0) is 14.3 Å². The second-order valence-electron chi connectivity index (χ2n) is 10.1. The molecule has 0 bridgehead atoms. The highest BCUT2D eigenvalue weighted by Crippen LogP contribution is 2.50. The van der Waals surface area contributed by atoms with E-state index in [4.69, 9.17) is 9.84 Å². The zero-order valence-corrected chi connectivity index (χ0v) is 19.7. The van der Waals surface area contributed by atoms with Crippen LogP contribution in [0.3, 0.4) is 0 Å². The Morgan fingerprint density at radius 1 is 1.00 bits per heavy atom. The van der Waals surface area contributed by atoms with Crippen LogP contribution in [0.1, 0.15) is 55.6 Å². The minimum absolute atomic E-state index is 0.0160. The Morgan fingerprint density at radius 3 is 2.34 bits per heavy atom. The van der Waals surface area contributed by atoms with Gasteiger partial charge >= 0.3 is 12.1 Å². The summed E-state index contributed by atoms with van der Waals surface area (Å²) in [6.07, 6.45) is 4.02. The first-order valence-electron chi connectivity index (χ1n) is 12.6. The molecule has 0 spiro atoms. The topological polar surface area (TPSA) is 105 Å². The molecule has 5 rings (SSSR count). The van der Waals surface area contributed by atoms with Crippen molar-refractivity contribution in [1.82, 2.24) is 10.6 Å². The van der Waals surface area contributed by atoms with E-state index in [0.717, 1.165) is 34.6 Å². The molecule has 0 heterocycles. The van der Waals surface area contributed by atoms with Gasteiger partial charge in [0.15, 0.2) is 0 Å². The van der Waals surface area contributed by atoms with Gasteiger partial charge in [-0.1, -0.05) is 61.4 Å². The summed E-state index contributed by atoms with van der Waals surface area (Å²) in [4.78, 5) is 36.6. The Kier molecular flexibility index (Phi) is 6.75. The molecule has 0 radical (unpaired) electrons. The van der Waals surface area contributed by atoms with Crippen LogP contribution >= 0.6 is 0 Å². The van der Waals surface area contributed by atoms with Gasteiger partial charge in [0.2, 0.25) is 5.91 Å². The van der Waals surface area contributed by atoms with Gasteiger partial charge in [-0.05, 0) is 59.3 Å². The Labute approximate surface area is 205 Å². The van der Waals surface area contributed by atoms with E-state index in [9.17, 15) is 14.4 Å². The number of carbonyl (C=O) groups is 3. The summed E-state index contributed by atoms with van der Waals surface area (Å²) in [6.45, 7) is 0.716. The van der Waals surface area contributed by atoms with Crippen LogP contribution < -0.4 is 10.6 Å². The maximum atomic E-state index is 12.8. The molecule has 3 aliphatic carbocycles. The van der Waals surface area contributed by atoms with Gasteiger partial charge in [0.25, 0.3) is 0 Å². The lowest BCUT2D eigenvalue weighted by molar-refractivity contribution is -0.137. The maximum Gasteiger partial charge on any atom is 0.407 e. The number of nitrogens with one attached hydrogen (secondary N) is 2. The van der Waals surface area contributed by atoms with E-state index in [2.05, 4.69) is 22.8 Å². The summed E-state index contributed by atoms with van der Waals surface area (Å²) in [5.74, 6) is 0.547. The molecule has 3 aliphatic rings. The highest BCUT2D eigenvalue weighted by Gasteiger charge is 2.43. The third kappa shape index (κ3) is 4.90. The number of amides is 2. The van der Waals surface area contributed by atoms with Gasteiger partial charge in [0, 0.05) is 18.9 Å². The van der Waals surface area contributed by atoms with Crippen LogP contribution in [0, 0.1) is 17.8 Å². The van der Waals surface area contributed by atoms with Crippen molar-refractivity contribution in [2.24, 2.45) is 17.8 Å².